The molecule has 0 aliphatic rings. The van der Waals surface area contributed by atoms with Gasteiger partial charge in [-0.25, -0.2) is 0 Å². The molecule has 108 valence electrons. The molecule has 0 unspecified atom stereocenters. The van der Waals surface area contributed by atoms with E-state index in [9.17, 15) is 0 Å². The van der Waals surface area contributed by atoms with Crippen molar-refractivity contribution in [2.75, 3.05) is 32.7 Å². The van der Waals surface area contributed by atoms with Crippen LogP contribution in [0.4, 0.5) is 5.69 Å². The zero-order valence-corrected chi connectivity index (χ0v) is 11.9. The van der Waals surface area contributed by atoms with E-state index in [4.69, 9.17) is 31.3 Å². The number of halogens is 1. The zero-order chi connectivity index (χ0) is 14.4. The molecule has 6 nitrogen and oxygen atoms in total. The highest BCUT2D eigenvalue weighted by Gasteiger charge is 2.12. The van der Waals surface area contributed by atoms with Crippen molar-refractivity contribution in [3.05, 3.63) is 29.0 Å². The van der Waals surface area contributed by atoms with Crippen LogP contribution in [0.3, 0.4) is 0 Å². The molecule has 0 saturated heterocycles. The summed E-state index contributed by atoms with van der Waals surface area (Å²) in [6.45, 7) is 1.62. The molecule has 0 bridgehead atoms. The van der Waals surface area contributed by atoms with Gasteiger partial charge in [0.15, 0.2) is 5.82 Å². The van der Waals surface area contributed by atoms with Gasteiger partial charge in [0.1, 0.15) is 0 Å². The minimum Gasteiger partial charge on any atom is -0.399 e. The minimum atomic E-state index is 0.356. The highest BCUT2D eigenvalue weighted by atomic mass is 35.5. The number of hydrogen-bond acceptors (Lipinski definition) is 6. The lowest BCUT2D eigenvalue weighted by Crippen LogP contribution is -2.05. The van der Waals surface area contributed by atoms with Gasteiger partial charge in [0.25, 0.3) is 5.89 Å². The predicted molar refractivity (Wildman–Crippen MR) is 75.6 cm³/mol. The van der Waals surface area contributed by atoms with Crippen molar-refractivity contribution in [2.24, 2.45) is 0 Å². The largest absolute Gasteiger partial charge is 0.399 e. The SMILES string of the molecule is COCCOCCc1noc(-c2cc(N)ccc2Cl)n1. The fourth-order valence-corrected chi connectivity index (χ4v) is 1.78. The standard InChI is InChI=1S/C13H16ClN3O3/c1-18-6-7-19-5-4-12-16-13(20-17-12)10-8-9(15)2-3-11(10)14/h2-3,8H,4-7,15H2,1H3. The average molecular weight is 298 g/mol. The summed E-state index contributed by atoms with van der Waals surface area (Å²) in [6, 6.07) is 5.12. The molecule has 0 aliphatic heterocycles. The maximum Gasteiger partial charge on any atom is 0.259 e. The first-order chi connectivity index (χ1) is 9.70. The number of rotatable bonds is 7. The summed E-state index contributed by atoms with van der Waals surface area (Å²) in [6.07, 6.45) is 0.563. The van der Waals surface area contributed by atoms with Gasteiger partial charge in [-0.15, -0.1) is 0 Å². The summed E-state index contributed by atoms with van der Waals surface area (Å²) in [7, 11) is 1.63. The molecule has 0 spiro atoms. The molecule has 1 aromatic heterocycles. The van der Waals surface area contributed by atoms with E-state index in [1.807, 2.05) is 0 Å². The first-order valence-electron chi connectivity index (χ1n) is 6.15. The molecule has 7 heteroatoms. The third-order valence-corrected chi connectivity index (χ3v) is 2.92. The number of methoxy groups -OCH3 is 1. The number of hydrogen-bond donors (Lipinski definition) is 1. The van der Waals surface area contributed by atoms with Crippen LogP contribution in [0.15, 0.2) is 22.7 Å². The summed E-state index contributed by atoms with van der Waals surface area (Å²) in [5.74, 6) is 0.921. The number of benzene rings is 1. The lowest BCUT2D eigenvalue weighted by molar-refractivity contribution is 0.0714. The smallest absolute Gasteiger partial charge is 0.259 e. The number of nitrogen functional groups attached to an aromatic ring is 1. The molecule has 2 rings (SSSR count). The van der Waals surface area contributed by atoms with E-state index in [0.717, 1.165) is 0 Å². The van der Waals surface area contributed by atoms with Gasteiger partial charge in [-0.2, -0.15) is 4.98 Å². The number of ether oxygens (including phenoxy) is 2. The normalized spacial score (nSPS) is 10.9. The van der Waals surface area contributed by atoms with Crippen LogP contribution < -0.4 is 5.73 Å². The number of anilines is 1. The molecule has 20 heavy (non-hydrogen) atoms. The van der Waals surface area contributed by atoms with Crippen molar-refractivity contribution < 1.29 is 14.0 Å². The minimum absolute atomic E-state index is 0.356. The molecule has 0 aliphatic carbocycles. The molecule has 0 radical (unpaired) electrons. The van der Waals surface area contributed by atoms with Gasteiger partial charge in [-0.05, 0) is 18.2 Å². The van der Waals surface area contributed by atoms with Crippen LogP contribution in [0.25, 0.3) is 11.5 Å². The molecular formula is C13H16ClN3O3. The van der Waals surface area contributed by atoms with Crippen molar-refractivity contribution in [3.8, 4) is 11.5 Å². The summed E-state index contributed by atoms with van der Waals surface area (Å²) in [5.41, 5.74) is 6.94. The fourth-order valence-electron chi connectivity index (χ4n) is 1.58. The van der Waals surface area contributed by atoms with Crippen LogP contribution >= 0.6 is 11.6 Å². The molecule has 2 aromatic rings. The van der Waals surface area contributed by atoms with Gasteiger partial charge < -0.3 is 19.7 Å². The second kappa shape index (κ2) is 7.23. The molecule has 2 N–H and O–H groups in total. The number of nitrogens with two attached hydrogens (primary N) is 1. The number of aromatic nitrogens is 2. The topological polar surface area (TPSA) is 83.4 Å². The van der Waals surface area contributed by atoms with Gasteiger partial charge >= 0.3 is 0 Å². The maximum absolute atomic E-state index is 6.08. The van der Waals surface area contributed by atoms with Gasteiger partial charge in [0.2, 0.25) is 0 Å². The van der Waals surface area contributed by atoms with E-state index in [1.54, 1.807) is 25.3 Å². The maximum atomic E-state index is 6.08. The Morgan fingerprint density at radius 1 is 1.30 bits per heavy atom. The van der Waals surface area contributed by atoms with E-state index in [1.165, 1.54) is 0 Å². The molecule has 1 aromatic carbocycles. The van der Waals surface area contributed by atoms with Gasteiger partial charge in [-0.3, -0.25) is 0 Å². The van der Waals surface area contributed by atoms with Crippen molar-refractivity contribution in [2.45, 2.75) is 6.42 Å². The van der Waals surface area contributed by atoms with Crippen LogP contribution in [0.5, 0.6) is 0 Å². The first-order valence-corrected chi connectivity index (χ1v) is 6.53. The molecule has 0 atom stereocenters. The van der Waals surface area contributed by atoms with Crippen molar-refractivity contribution in [1.82, 2.24) is 10.1 Å². The Morgan fingerprint density at radius 2 is 2.15 bits per heavy atom. The molecule has 0 saturated carbocycles. The molecule has 0 amide bonds. The van der Waals surface area contributed by atoms with Gasteiger partial charge in [0, 0.05) is 19.2 Å². The van der Waals surface area contributed by atoms with Crippen molar-refractivity contribution in [3.63, 3.8) is 0 Å². The Labute approximate surface area is 121 Å². The third-order valence-electron chi connectivity index (χ3n) is 2.59. The van der Waals surface area contributed by atoms with Crippen molar-refractivity contribution >= 4 is 17.3 Å². The summed E-state index contributed by atoms with van der Waals surface area (Å²) < 4.78 is 15.4. The Bertz CT molecular complexity index is 560. The second-order valence-electron chi connectivity index (χ2n) is 4.11. The Kier molecular flexibility index (Phi) is 5.34. The van der Waals surface area contributed by atoms with Gasteiger partial charge in [-0.1, -0.05) is 16.8 Å². The monoisotopic (exact) mass is 297 g/mol. The second-order valence-corrected chi connectivity index (χ2v) is 4.52. The molecule has 0 fully saturated rings. The quantitative estimate of drug-likeness (QED) is 0.623. The molecule has 1 heterocycles. The van der Waals surface area contributed by atoms with E-state index in [0.29, 0.717) is 54.2 Å². The van der Waals surface area contributed by atoms with E-state index < -0.39 is 0 Å². The Balaban J connectivity index is 1.96. The predicted octanol–water partition coefficient (Wildman–Crippen LogP) is 2.18. The third kappa shape index (κ3) is 3.93. The van der Waals surface area contributed by atoms with Crippen LogP contribution in [-0.4, -0.2) is 37.1 Å². The summed E-state index contributed by atoms with van der Waals surface area (Å²) in [5, 5.41) is 4.40. The summed E-state index contributed by atoms with van der Waals surface area (Å²) in [4.78, 5) is 4.27. The Hall–Kier alpha value is -1.63. The van der Waals surface area contributed by atoms with E-state index in [-0.39, 0.29) is 0 Å². The highest BCUT2D eigenvalue weighted by molar-refractivity contribution is 6.33. The van der Waals surface area contributed by atoms with Crippen molar-refractivity contribution in [1.29, 1.82) is 0 Å². The van der Waals surface area contributed by atoms with Crippen LogP contribution in [0, 0.1) is 0 Å². The highest BCUT2D eigenvalue weighted by Crippen LogP contribution is 2.28. The van der Waals surface area contributed by atoms with Crippen LogP contribution in [0.2, 0.25) is 5.02 Å². The summed E-state index contributed by atoms with van der Waals surface area (Å²) >= 11 is 6.08. The van der Waals surface area contributed by atoms with E-state index >= 15 is 0 Å². The molecular weight excluding hydrogens is 282 g/mol. The van der Waals surface area contributed by atoms with Crippen LogP contribution in [0.1, 0.15) is 5.82 Å². The number of nitrogens with zero attached hydrogens (tertiary/aromatic N) is 2. The zero-order valence-electron chi connectivity index (χ0n) is 11.1. The first kappa shape index (κ1) is 14.8. The van der Waals surface area contributed by atoms with E-state index in [2.05, 4.69) is 10.1 Å². The van der Waals surface area contributed by atoms with Gasteiger partial charge in [0.05, 0.1) is 30.4 Å². The lowest BCUT2D eigenvalue weighted by atomic mass is 10.2. The van der Waals surface area contributed by atoms with Crippen LogP contribution in [-0.2, 0) is 15.9 Å². The Morgan fingerprint density at radius 3 is 2.95 bits per heavy atom. The fraction of sp³-hybridized carbons (Fsp3) is 0.385. The lowest BCUT2D eigenvalue weighted by Gasteiger charge is -2.00. The average Bonchev–Trinajstić information content (AvgIpc) is 2.90.